The van der Waals surface area contributed by atoms with E-state index in [1.807, 2.05) is 48.0 Å². The van der Waals surface area contributed by atoms with Crippen LogP contribution < -0.4 is 0 Å². The molecule has 0 atom stereocenters. The Morgan fingerprint density at radius 1 is 0.349 bits per heavy atom. The first-order chi connectivity index (χ1) is 21.3. The summed E-state index contributed by atoms with van der Waals surface area (Å²) in [4.78, 5) is 9.10. The molecule has 0 amide bonds. The third-order valence-electron chi connectivity index (χ3n) is 8.00. The van der Waals surface area contributed by atoms with Crippen molar-refractivity contribution in [2.24, 2.45) is 0 Å². The van der Waals surface area contributed by atoms with E-state index in [0.29, 0.717) is 0 Å². The first-order valence-electron chi connectivity index (χ1n) is 14.4. The van der Waals surface area contributed by atoms with E-state index in [1.54, 1.807) is 0 Å². The molecule has 3 heteroatoms. The zero-order valence-electron chi connectivity index (χ0n) is 23.3. The number of aromatic nitrogens is 2. The molecule has 5 aromatic carbocycles. The van der Waals surface area contributed by atoms with E-state index in [4.69, 9.17) is 0 Å². The van der Waals surface area contributed by atoms with Crippen LogP contribution >= 0.6 is 11.3 Å². The number of hydrogen-bond donors (Lipinski definition) is 0. The molecule has 0 radical (unpaired) electrons. The molecule has 202 valence electrons. The summed E-state index contributed by atoms with van der Waals surface area (Å²) >= 11 is 1.84. The van der Waals surface area contributed by atoms with Crippen LogP contribution in [0, 0.1) is 0 Å². The molecule has 2 nitrogen and oxygen atoms in total. The van der Waals surface area contributed by atoms with Gasteiger partial charge in [-0.25, -0.2) is 0 Å². The SMILES string of the molecule is c1ccc(-c2cccc(-c3ccccc3-c3cccc(-c4ccc5sc6cc(-c7ccccn7)ccc6c5c4)c3)c2)nc1. The third-order valence-corrected chi connectivity index (χ3v) is 9.13. The molecule has 0 aliphatic carbocycles. The van der Waals surface area contributed by atoms with Gasteiger partial charge in [-0.3, -0.25) is 9.97 Å². The Morgan fingerprint density at radius 3 is 1.58 bits per heavy atom. The normalized spacial score (nSPS) is 11.3. The number of thiophene rings is 1. The zero-order valence-corrected chi connectivity index (χ0v) is 24.1. The molecule has 0 N–H and O–H groups in total. The van der Waals surface area contributed by atoms with Crippen LogP contribution in [0.15, 0.2) is 158 Å². The molecule has 3 heterocycles. The number of nitrogens with zero attached hydrogens (tertiary/aromatic N) is 2. The van der Waals surface area contributed by atoms with Gasteiger partial charge in [-0.15, -0.1) is 11.3 Å². The fraction of sp³-hybridized carbons (Fsp3) is 0. The molecule has 0 saturated heterocycles. The summed E-state index contributed by atoms with van der Waals surface area (Å²) in [5.41, 5.74) is 11.5. The predicted octanol–water partition coefficient (Wildman–Crippen LogP) is 11.2. The second-order valence-corrected chi connectivity index (χ2v) is 11.7. The highest BCUT2D eigenvalue weighted by Crippen LogP contribution is 2.40. The Kier molecular flexibility index (Phi) is 6.36. The van der Waals surface area contributed by atoms with Crippen LogP contribution in [-0.4, -0.2) is 9.97 Å². The second kappa shape index (κ2) is 10.8. The molecule has 0 fully saturated rings. The van der Waals surface area contributed by atoms with Gasteiger partial charge in [-0.05, 0) is 88.0 Å². The van der Waals surface area contributed by atoms with Gasteiger partial charge in [0.1, 0.15) is 0 Å². The number of fused-ring (bicyclic) bond motifs is 3. The van der Waals surface area contributed by atoms with Crippen LogP contribution in [0.2, 0.25) is 0 Å². The maximum Gasteiger partial charge on any atom is 0.0702 e. The fourth-order valence-corrected chi connectivity index (χ4v) is 7.01. The van der Waals surface area contributed by atoms with Gasteiger partial charge < -0.3 is 0 Å². The summed E-state index contributed by atoms with van der Waals surface area (Å²) in [6, 6.07) is 51.9. The van der Waals surface area contributed by atoms with E-state index in [2.05, 4.69) is 131 Å². The molecule has 0 saturated carbocycles. The Labute approximate surface area is 254 Å². The predicted molar refractivity (Wildman–Crippen MR) is 182 cm³/mol. The first kappa shape index (κ1) is 25.3. The Balaban J connectivity index is 1.18. The summed E-state index contributed by atoms with van der Waals surface area (Å²) in [5, 5.41) is 2.58. The average Bonchev–Trinajstić information content (AvgIpc) is 3.46. The molecule has 0 bridgehead atoms. The van der Waals surface area contributed by atoms with Crippen LogP contribution in [-0.2, 0) is 0 Å². The molecule has 8 aromatic rings. The monoisotopic (exact) mass is 566 g/mol. The Morgan fingerprint density at radius 2 is 0.907 bits per heavy atom. The summed E-state index contributed by atoms with van der Waals surface area (Å²) < 4.78 is 2.58. The summed E-state index contributed by atoms with van der Waals surface area (Å²) in [7, 11) is 0. The van der Waals surface area contributed by atoms with Crippen molar-refractivity contribution in [3.63, 3.8) is 0 Å². The maximum atomic E-state index is 4.56. The number of pyridine rings is 2. The van der Waals surface area contributed by atoms with Gasteiger partial charge >= 0.3 is 0 Å². The van der Waals surface area contributed by atoms with E-state index < -0.39 is 0 Å². The van der Waals surface area contributed by atoms with Crippen LogP contribution in [0.25, 0.3) is 76.1 Å². The molecular formula is C40H26N2S. The van der Waals surface area contributed by atoms with Crippen LogP contribution in [0.4, 0.5) is 0 Å². The highest BCUT2D eigenvalue weighted by atomic mass is 32.1. The topological polar surface area (TPSA) is 25.8 Å². The second-order valence-electron chi connectivity index (χ2n) is 10.7. The largest absolute Gasteiger partial charge is 0.256 e. The van der Waals surface area contributed by atoms with Gasteiger partial charge in [0.2, 0.25) is 0 Å². The molecular weight excluding hydrogens is 541 g/mol. The number of benzene rings is 5. The van der Waals surface area contributed by atoms with Gasteiger partial charge in [-0.1, -0.05) is 91.0 Å². The standard InChI is InChI=1S/C40H26N2S/c1-2-14-34(30-11-8-12-31(24-30)37-15-3-5-21-41-37)33(13-1)29-10-7-9-27(23-29)28-18-20-39-36(25-28)35-19-17-32(26-40(35)43-39)38-16-4-6-22-42-38/h1-26H. The minimum Gasteiger partial charge on any atom is -0.256 e. The summed E-state index contributed by atoms with van der Waals surface area (Å²) in [5.74, 6) is 0. The van der Waals surface area contributed by atoms with Crippen molar-refractivity contribution >= 4 is 31.5 Å². The Bertz CT molecular complexity index is 2230. The molecule has 3 aromatic heterocycles. The van der Waals surface area contributed by atoms with E-state index >= 15 is 0 Å². The number of rotatable bonds is 5. The fourth-order valence-electron chi connectivity index (χ4n) is 5.88. The smallest absolute Gasteiger partial charge is 0.0702 e. The van der Waals surface area contributed by atoms with Crippen LogP contribution in [0.3, 0.4) is 0 Å². The summed E-state index contributed by atoms with van der Waals surface area (Å²) in [6.07, 6.45) is 3.69. The molecule has 0 spiro atoms. The molecule has 0 aliphatic rings. The minimum atomic E-state index is 0.980. The molecule has 0 unspecified atom stereocenters. The van der Waals surface area contributed by atoms with Crippen molar-refractivity contribution in [1.29, 1.82) is 0 Å². The lowest BCUT2D eigenvalue weighted by Crippen LogP contribution is -1.88. The highest BCUT2D eigenvalue weighted by molar-refractivity contribution is 7.25. The molecule has 8 rings (SSSR count). The van der Waals surface area contributed by atoms with Crippen LogP contribution in [0.1, 0.15) is 0 Å². The van der Waals surface area contributed by atoms with Crippen molar-refractivity contribution in [2.45, 2.75) is 0 Å². The van der Waals surface area contributed by atoms with Gasteiger partial charge in [0, 0.05) is 43.7 Å². The quantitative estimate of drug-likeness (QED) is 0.207. The zero-order chi connectivity index (χ0) is 28.6. The van der Waals surface area contributed by atoms with E-state index in [9.17, 15) is 0 Å². The van der Waals surface area contributed by atoms with Crippen molar-refractivity contribution in [2.75, 3.05) is 0 Å². The van der Waals surface area contributed by atoms with Crippen molar-refractivity contribution < 1.29 is 0 Å². The lowest BCUT2D eigenvalue weighted by Gasteiger charge is -2.13. The van der Waals surface area contributed by atoms with Crippen molar-refractivity contribution in [1.82, 2.24) is 9.97 Å². The van der Waals surface area contributed by atoms with Crippen molar-refractivity contribution in [3.8, 4) is 55.9 Å². The highest BCUT2D eigenvalue weighted by Gasteiger charge is 2.12. The minimum absolute atomic E-state index is 0.980. The lowest BCUT2D eigenvalue weighted by molar-refractivity contribution is 1.33. The van der Waals surface area contributed by atoms with E-state index in [1.165, 1.54) is 53.6 Å². The van der Waals surface area contributed by atoms with Gasteiger partial charge in [0.25, 0.3) is 0 Å². The average molecular weight is 567 g/mol. The first-order valence-corrected chi connectivity index (χ1v) is 15.2. The summed E-state index contributed by atoms with van der Waals surface area (Å²) in [6.45, 7) is 0. The number of hydrogen-bond acceptors (Lipinski definition) is 3. The molecule has 0 aliphatic heterocycles. The van der Waals surface area contributed by atoms with Gasteiger partial charge in [0.05, 0.1) is 11.4 Å². The van der Waals surface area contributed by atoms with Gasteiger partial charge in [0.15, 0.2) is 0 Å². The molecule has 43 heavy (non-hydrogen) atoms. The van der Waals surface area contributed by atoms with Crippen molar-refractivity contribution in [3.05, 3.63) is 158 Å². The third kappa shape index (κ3) is 4.80. The maximum absolute atomic E-state index is 4.56. The van der Waals surface area contributed by atoms with E-state index in [-0.39, 0.29) is 0 Å². The Hall–Kier alpha value is -5.38. The van der Waals surface area contributed by atoms with E-state index in [0.717, 1.165) is 22.5 Å². The lowest BCUT2D eigenvalue weighted by atomic mass is 9.91. The van der Waals surface area contributed by atoms with Gasteiger partial charge in [-0.2, -0.15) is 0 Å². The van der Waals surface area contributed by atoms with Crippen LogP contribution in [0.5, 0.6) is 0 Å².